The molecule has 0 radical (unpaired) electrons. The van der Waals surface area contributed by atoms with Crippen molar-refractivity contribution in [2.24, 2.45) is 0 Å². The number of carbonyl (C=O) groups excluding carboxylic acids is 3. The van der Waals surface area contributed by atoms with E-state index in [4.69, 9.17) is 0 Å². The van der Waals surface area contributed by atoms with Gasteiger partial charge in [0.15, 0.2) is 0 Å². The van der Waals surface area contributed by atoms with Gasteiger partial charge in [0, 0.05) is 24.1 Å². The molecule has 3 aromatic rings. The van der Waals surface area contributed by atoms with E-state index in [0.29, 0.717) is 22.3 Å². The molecule has 7 nitrogen and oxygen atoms in total. The lowest BCUT2D eigenvalue weighted by molar-refractivity contribution is -0.144. The van der Waals surface area contributed by atoms with Crippen LogP contribution in [0.2, 0.25) is 0 Å². The minimum absolute atomic E-state index is 0.0393. The molecule has 34 heavy (non-hydrogen) atoms. The summed E-state index contributed by atoms with van der Waals surface area (Å²) in [6.45, 7) is 0.0908. The molecule has 1 saturated heterocycles. The molecule has 0 saturated carbocycles. The molecule has 10 heteroatoms. The maximum absolute atomic E-state index is 13.7. The normalized spacial score (nSPS) is 18.3. The molecule has 2 aliphatic rings. The van der Waals surface area contributed by atoms with Gasteiger partial charge in [0.1, 0.15) is 11.7 Å². The van der Waals surface area contributed by atoms with E-state index in [0.717, 1.165) is 10.7 Å². The minimum Gasteiger partial charge on any atom is -0.322 e. The number of alkyl halides is 3. The van der Waals surface area contributed by atoms with Crippen molar-refractivity contribution in [3.05, 3.63) is 77.0 Å². The van der Waals surface area contributed by atoms with Crippen LogP contribution < -0.4 is 5.32 Å². The summed E-state index contributed by atoms with van der Waals surface area (Å²) < 4.78 is 42.0. The molecule has 3 heterocycles. The van der Waals surface area contributed by atoms with Crippen molar-refractivity contribution >= 4 is 17.7 Å². The maximum Gasteiger partial charge on any atom is 0.433 e. The number of nitrogens with one attached hydrogen (secondary N) is 1. The summed E-state index contributed by atoms with van der Waals surface area (Å²) in [5, 5.41) is 6.46. The number of piperidine rings is 1. The van der Waals surface area contributed by atoms with Crippen LogP contribution in [0.4, 0.5) is 13.2 Å². The Balaban J connectivity index is 1.45. The van der Waals surface area contributed by atoms with Gasteiger partial charge >= 0.3 is 6.18 Å². The van der Waals surface area contributed by atoms with Gasteiger partial charge in [0.05, 0.1) is 12.2 Å². The molecule has 1 unspecified atom stereocenters. The van der Waals surface area contributed by atoms with E-state index >= 15 is 0 Å². The molecule has 1 N–H and O–H groups in total. The van der Waals surface area contributed by atoms with Gasteiger partial charge < -0.3 is 4.90 Å². The van der Waals surface area contributed by atoms with E-state index in [9.17, 15) is 27.6 Å². The quantitative estimate of drug-likeness (QED) is 0.595. The predicted octanol–water partition coefficient (Wildman–Crippen LogP) is 3.38. The average Bonchev–Trinajstić information content (AvgIpc) is 3.36. The number of aromatic nitrogens is 2. The van der Waals surface area contributed by atoms with Crippen molar-refractivity contribution in [1.29, 1.82) is 0 Å². The SMILES string of the molecule is O=C1CCC(N2Cc3cc(-c4cc(C(F)(F)F)n(Cc5ccccc5)n4)ccc3C2=O)C(=O)N1. The summed E-state index contributed by atoms with van der Waals surface area (Å²) in [5.41, 5.74) is 1.37. The summed E-state index contributed by atoms with van der Waals surface area (Å²) >= 11 is 0. The van der Waals surface area contributed by atoms with Crippen LogP contribution in [0.15, 0.2) is 54.6 Å². The number of carbonyl (C=O) groups is 3. The highest BCUT2D eigenvalue weighted by Crippen LogP contribution is 2.35. The Bertz CT molecular complexity index is 1300. The van der Waals surface area contributed by atoms with Gasteiger partial charge in [-0.15, -0.1) is 0 Å². The number of nitrogens with zero attached hydrogens (tertiary/aromatic N) is 3. The highest BCUT2D eigenvalue weighted by molar-refractivity contribution is 6.05. The third kappa shape index (κ3) is 3.95. The first-order chi connectivity index (χ1) is 16.2. The van der Waals surface area contributed by atoms with Crippen molar-refractivity contribution in [2.45, 2.75) is 38.1 Å². The largest absolute Gasteiger partial charge is 0.433 e. The van der Waals surface area contributed by atoms with Crippen LogP contribution >= 0.6 is 0 Å². The van der Waals surface area contributed by atoms with Crippen molar-refractivity contribution in [1.82, 2.24) is 20.0 Å². The van der Waals surface area contributed by atoms with E-state index < -0.39 is 23.8 Å². The second-order valence-corrected chi connectivity index (χ2v) is 8.33. The second-order valence-electron chi connectivity index (χ2n) is 8.33. The number of hydrogen-bond acceptors (Lipinski definition) is 4. The zero-order valence-electron chi connectivity index (χ0n) is 17.8. The molecule has 0 bridgehead atoms. The molecule has 0 aliphatic carbocycles. The van der Waals surface area contributed by atoms with Crippen LogP contribution in [-0.4, -0.2) is 38.4 Å². The van der Waals surface area contributed by atoms with Crippen molar-refractivity contribution < 1.29 is 27.6 Å². The Morgan fingerprint density at radius 3 is 2.50 bits per heavy atom. The molecule has 174 valence electrons. The van der Waals surface area contributed by atoms with E-state index in [1.54, 1.807) is 48.5 Å². The molecule has 3 amide bonds. The highest BCUT2D eigenvalue weighted by Gasteiger charge is 2.40. The van der Waals surface area contributed by atoms with Crippen LogP contribution in [0.1, 0.15) is 40.0 Å². The van der Waals surface area contributed by atoms with E-state index in [1.165, 1.54) is 4.90 Å². The Kier molecular flexibility index (Phi) is 5.22. The zero-order chi connectivity index (χ0) is 24.0. The van der Waals surface area contributed by atoms with Crippen molar-refractivity contribution in [2.75, 3.05) is 0 Å². The molecule has 1 atom stereocenters. The smallest absolute Gasteiger partial charge is 0.322 e. The fraction of sp³-hybridized carbons (Fsp3) is 0.250. The Labute approximate surface area is 192 Å². The lowest BCUT2D eigenvalue weighted by Gasteiger charge is -2.29. The third-order valence-corrected chi connectivity index (χ3v) is 6.06. The molecule has 0 spiro atoms. The van der Waals surface area contributed by atoms with Crippen LogP contribution in [0.25, 0.3) is 11.3 Å². The molecular weight excluding hydrogens is 449 g/mol. The number of imide groups is 1. The van der Waals surface area contributed by atoms with Gasteiger partial charge in [-0.2, -0.15) is 18.3 Å². The van der Waals surface area contributed by atoms with Crippen LogP contribution in [0.3, 0.4) is 0 Å². The predicted molar refractivity (Wildman–Crippen MR) is 114 cm³/mol. The summed E-state index contributed by atoms with van der Waals surface area (Å²) in [4.78, 5) is 37.9. The van der Waals surface area contributed by atoms with E-state index in [1.807, 2.05) is 0 Å². The number of amides is 3. The molecule has 5 rings (SSSR count). The first-order valence-electron chi connectivity index (χ1n) is 10.7. The minimum atomic E-state index is -4.59. The topological polar surface area (TPSA) is 84.3 Å². The highest BCUT2D eigenvalue weighted by atomic mass is 19.4. The second kappa shape index (κ2) is 8.12. The van der Waals surface area contributed by atoms with Crippen molar-refractivity contribution in [3.8, 4) is 11.3 Å². The van der Waals surface area contributed by atoms with Gasteiger partial charge in [-0.1, -0.05) is 36.4 Å². The number of rotatable bonds is 4. The molecule has 2 aliphatic heterocycles. The Morgan fingerprint density at radius 1 is 1.03 bits per heavy atom. The molecule has 1 fully saturated rings. The Hall–Kier alpha value is -3.95. The van der Waals surface area contributed by atoms with Gasteiger partial charge in [-0.25, -0.2) is 0 Å². The fourth-order valence-corrected chi connectivity index (χ4v) is 4.40. The monoisotopic (exact) mass is 468 g/mol. The first-order valence-corrected chi connectivity index (χ1v) is 10.7. The summed E-state index contributed by atoms with van der Waals surface area (Å²) in [7, 11) is 0. The first kappa shape index (κ1) is 21.9. The maximum atomic E-state index is 13.7. The number of halogens is 3. The molecular formula is C24H19F3N4O3. The number of fused-ring (bicyclic) bond motifs is 1. The third-order valence-electron chi connectivity index (χ3n) is 6.06. The van der Waals surface area contributed by atoms with Crippen LogP contribution in [0, 0.1) is 0 Å². The summed E-state index contributed by atoms with van der Waals surface area (Å²) in [6, 6.07) is 13.7. The van der Waals surface area contributed by atoms with Crippen LogP contribution in [0.5, 0.6) is 0 Å². The molecule has 1 aromatic heterocycles. The van der Waals surface area contributed by atoms with Gasteiger partial charge in [-0.05, 0) is 35.7 Å². The average molecular weight is 468 g/mol. The summed E-state index contributed by atoms with van der Waals surface area (Å²) in [5.74, 6) is -1.24. The van der Waals surface area contributed by atoms with Gasteiger partial charge in [-0.3, -0.25) is 24.4 Å². The van der Waals surface area contributed by atoms with E-state index in [2.05, 4.69) is 10.4 Å². The van der Waals surface area contributed by atoms with E-state index in [-0.39, 0.29) is 43.4 Å². The number of hydrogen-bond donors (Lipinski definition) is 1. The Morgan fingerprint density at radius 2 is 1.79 bits per heavy atom. The molecule has 2 aromatic carbocycles. The lowest BCUT2D eigenvalue weighted by Crippen LogP contribution is -2.52. The lowest BCUT2D eigenvalue weighted by atomic mass is 10.0. The van der Waals surface area contributed by atoms with Gasteiger partial charge in [0.2, 0.25) is 11.8 Å². The standard InChI is InChI=1S/C24H19F3N4O3/c25-24(26,27)20-11-18(29-31(20)12-14-4-2-1-3-5-14)15-6-7-17-16(10-15)13-30(23(17)34)19-8-9-21(32)28-22(19)33/h1-7,10-11,19H,8-9,12-13H2,(H,28,32,33). The summed E-state index contributed by atoms with van der Waals surface area (Å²) in [6.07, 6.45) is -4.22. The fourth-order valence-electron chi connectivity index (χ4n) is 4.40. The van der Waals surface area contributed by atoms with Crippen LogP contribution in [-0.2, 0) is 28.9 Å². The zero-order valence-corrected chi connectivity index (χ0v) is 17.8. The van der Waals surface area contributed by atoms with Crippen molar-refractivity contribution in [3.63, 3.8) is 0 Å². The van der Waals surface area contributed by atoms with Gasteiger partial charge in [0.25, 0.3) is 5.91 Å². The number of benzene rings is 2.